The topological polar surface area (TPSA) is 120 Å². The molecule has 0 saturated heterocycles. The number of nitrogens with zero attached hydrogens (tertiary/aromatic N) is 1. The molecule has 9 heteroatoms. The zero-order valence-corrected chi connectivity index (χ0v) is 15.7. The van der Waals surface area contributed by atoms with Crippen molar-refractivity contribution in [2.75, 3.05) is 10.6 Å². The lowest BCUT2D eigenvalue weighted by atomic mass is 10.1. The van der Waals surface area contributed by atoms with E-state index in [2.05, 4.69) is 10.6 Å². The number of fused-ring (bicyclic) bond motifs is 2. The van der Waals surface area contributed by atoms with Gasteiger partial charge in [0.25, 0.3) is 11.6 Å². The first kappa shape index (κ1) is 18.9. The molecule has 0 saturated carbocycles. The van der Waals surface area contributed by atoms with Crippen molar-refractivity contribution in [1.29, 1.82) is 0 Å². The molecule has 9 nitrogen and oxygen atoms in total. The highest BCUT2D eigenvalue weighted by atomic mass is 16.6. The number of ether oxygens (including phenoxy) is 2. The molecule has 1 aliphatic heterocycles. The van der Waals surface area contributed by atoms with Gasteiger partial charge in [0.1, 0.15) is 11.3 Å². The van der Waals surface area contributed by atoms with Crippen molar-refractivity contribution < 1.29 is 24.0 Å². The van der Waals surface area contributed by atoms with Crippen LogP contribution in [0.25, 0.3) is 0 Å². The van der Waals surface area contributed by atoms with Crippen LogP contribution in [0.2, 0.25) is 0 Å². The Morgan fingerprint density at radius 3 is 2.53 bits per heavy atom. The van der Waals surface area contributed by atoms with Crippen LogP contribution in [-0.2, 0) is 4.79 Å². The first-order valence-electron chi connectivity index (χ1n) is 8.87. The second-order valence-corrected chi connectivity index (χ2v) is 6.43. The molecule has 0 atom stereocenters. The molecule has 3 aromatic rings. The number of benzene rings is 3. The predicted octanol–water partition coefficient (Wildman–Crippen LogP) is 4.70. The SMILES string of the molecule is CC(=O)Nc1ccc(Oc2cc([N+](=O)[O-])cc3c2C(=O)Nc2ccccc2O3)cc1. The number of nitro groups is 1. The van der Waals surface area contributed by atoms with E-state index in [1.807, 2.05) is 0 Å². The van der Waals surface area contributed by atoms with Gasteiger partial charge in [-0.05, 0) is 36.4 Å². The molecular weight excluding hydrogens is 390 g/mol. The van der Waals surface area contributed by atoms with Gasteiger partial charge in [0, 0.05) is 12.6 Å². The fourth-order valence-electron chi connectivity index (χ4n) is 2.96. The van der Waals surface area contributed by atoms with Crippen molar-refractivity contribution in [2.45, 2.75) is 6.92 Å². The van der Waals surface area contributed by atoms with Crippen LogP contribution in [0.4, 0.5) is 17.1 Å². The van der Waals surface area contributed by atoms with Gasteiger partial charge in [-0.2, -0.15) is 0 Å². The van der Waals surface area contributed by atoms with Gasteiger partial charge in [-0.25, -0.2) is 0 Å². The number of hydrogen-bond acceptors (Lipinski definition) is 6. The molecular formula is C21H15N3O6. The Labute approximate surface area is 170 Å². The van der Waals surface area contributed by atoms with E-state index in [-0.39, 0.29) is 28.7 Å². The summed E-state index contributed by atoms with van der Waals surface area (Å²) in [6.45, 7) is 1.39. The minimum atomic E-state index is -0.592. The summed E-state index contributed by atoms with van der Waals surface area (Å²) >= 11 is 0. The predicted molar refractivity (Wildman–Crippen MR) is 108 cm³/mol. The normalized spacial score (nSPS) is 11.8. The van der Waals surface area contributed by atoms with Gasteiger partial charge in [-0.15, -0.1) is 0 Å². The molecule has 1 aliphatic rings. The molecule has 2 N–H and O–H groups in total. The smallest absolute Gasteiger partial charge is 0.276 e. The largest absolute Gasteiger partial charge is 0.456 e. The van der Waals surface area contributed by atoms with E-state index in [0.717, 1.165) is 0 Å². The minimum Gasteiger partial charge on any atom is -0.456 e. The average molecular weight is 405 g/mol. The van der Waals surface area contributed by atoms with Gasteiger partial charge >= 0.3 is 0 Å². The molecule has 0 bridgehead atoms. The number of amides is 2. The summed E-state index contributed by atoms with van der Waals surface area (Å²) in [6, 6.07) is 15.5. The number of rotatable bonds is 4. The summed E-state index contributed by atoms with van der Waals surface area (Å²) in [6.07, 6.45) is 0. The van der Waals surface area contributed by atoms with Crippen molar-refractivity contribution in [3.05, 3.63) is 76.3 Å². The standard InChI is InChI=1S/C21H15N3O6/c1-12(25)22-13-6-8-15(9-7-13)29-18-10-14(24(27)28)11-19-20(18)21(26)23-16-4-2-3-5-17(16)30-19/h2-11H,1H3,(H,22,25)(H,23,26). The number of anilines is 2. The van der Waals surface area contributed by atoms with Gasteiger partial charge in [0.2, 0.25) is 5.91 Å². The van der Waals surface area contributed by atoms with Crippen LogP contribution in [-0.4, -0.2) is 16.7 Å². The van der Waals surface area contributed by atoms with Crippen molar-refractivity contribution in [3.63, 3.8) is 0 Å². The molecule has 0 aromatic heterocycles. The molecule has 0 fully saturated rings. The molecule has 1 heterocycles. The lowest BCUT2D eigenvalue weighted by molar-refractivity contribution is -0.385. The number of hydrogen-bond donors (Lipinski definition) is 2. The summed E-state index contributed by atoms with van der Waals surface area (Å²) in [4.78, 5) is 34.8. The third kappa shape index (κ3) is 3.76. The number of carbonyl (C=O) groups excluding carboxylic acids is 2. The number of para-hydroxylation sites is 2. The van der Waals surface area contributed by atoms with E-state index in [1.54, 1.807) is 48.5 Å². The van der Waals surface area contributed by atoms with Crippen LogP contribution >= 0.6 is 0 Å². The zero-order valence-electron chi connectivity index (χ0n) is 15.7. The molecule has 0 radical (unpaired) electrons. The summed E-state index contributed by atoms with van der Waals surface area (Å²) in [5.74, 6) is -0.0823. The Kier molecular flexibility index (Phi) is 4.77. The third-order valence-corrected chi connectivity index (χ3v) is 4.25. The van der Waals surface area contributed by atoms with Crippen LogP contribution in [0.3, 0.4) is 0 Å². The first-order valence-corrected chi connectivity index (χ1v) is 8.87. The van der Waals surface area contributed by atoms with Crippen molar-refractivity contribution in [2.24, 2.45) is 0 Å². The Morgan fingerprint density at radius 1 is 1.10 bits per heavy atom. The quantitative estimate of drug-likeness (QED) is 0.479. The molecule has 0 aliphatic carbocycles. The first-order chi connectivity index (χ1) is 14.4. The van der Waals surface area contributed by atoms with E-state index in [4.69, 9.17) is 9.47 Å². The van der Waals surface area contributed by atoms with Gasteiger partial charge in [0.05, 0.1) is 22.7 Å². The lowest BCUT2D eigenvalue weighted by Gasteiger charge is -2.13. The number of nitro benzene ring substituents is 1. The lowest BCUT2D eigenvalue weighted by Crippen LogP contribution is -2.12. The highest BCUT2D eigenvalue weighted by Gasteiger charge is 2.28. The average Bonchev–Trinajstić information content (AvgIpc) is 2.84. The number of nitrogens with one attached hydrogen (secondary N) is 2. The zero-order chi connectivity index (χ0) is 21.3. The fraction of sp³-hybridized carbons (Fsp3) is 0.0476. The highest BCUT2D eigenvalue weighted by molar-refractivity contribution is 6.10. The van der Waals surface area contributed by atoms with Gasteiger partial charge < -0.3 is 20.1 Å². The van der Waals surface area contributed by atoms with E-state index in [0.29, 0.717) is 22.9 Å². The Hall–Kier alpha value is -4.40. The molecule has 0 unspecified atom stereocenters. The maximum Gasteiger partial charge on any atom is 0.276 e. The summed E-state index contributed by atoms with van der Waals surface area (Å²) in [5.41, 5.74) is 0.741. The van der Waals surface area contributed by atoms with Crippen LogP contribution in [0.1, 0.15) is 17.3 Å². The molecule has 0 spiro atoms. The summed E-state index contributed by atoms with van der Waals surface area (Å²) in [7, 11) is 0. The van der Waals surface area contributed by atoms with Crippen molar-refractivity contribution in [3.8, 4) is 23.0 Å². The molecule has 3 aromatic carbocycles. The van der Waals surface area contributed by atoms with Crippen LogP contribution in [0, 0.1) is 10.1 Å². The minimum absolute atomic E-state index is 0.0107. The Balaban J connectivity index is 1.76. The van der Waals surface area contributed by atoms with Gasteiger partial charge in [-0.1, -0.05) is 12.1 Å². The van der Waals surface area contributed by atoms with Gasteiger partial charge in [0.15, 0.2) is 17.2 Å². The number of carbonyl (C=O) groups is 2. The second-order valence-electron chi connectivity index (χ2n) is 6.43. The summed E-state index contributed by atoms with van der Waals surface area (Å²) < 4.78 is 11.6. The van der Waals surface area contributed by atoms with Crippen molar-refractivity contribution >= 4 is 28.9 Å². The van der Waals surface area contributed by atoms with Gasteiger partial charge in [-0.3, -0.25) is 19.7 Å². The van der Waals surface area contributed by atoms with E-state index in [1.165, 1.54) is 19.1 Å². The maximum atomic E-state index is 12.8. The molecule has 30 heavy (non-hydrogen) atoms. The third-order valence-electron chi connectivity index (χ3n) is 4.25. The van der Waals surface area contributed by atoms with E-state index < -0.39 is 10.8 Å². The maximum absolute atomic E-state index is 12.8. The second kappa shape index (κ2) is 7.55. The Bertz CT molecular complexity index is 1170. The van der Waals surface area contributed by atoms with Crippen LogP contribution in [0.15, 0.2) is 60.7 Å². The Morgan fingerprint density at radius 2 is 1.83 bits per heavy atom. The number of non-ortho nitro benzene ring substituents is 1. The monoisotopic (exact) mass is 405 g/mol. The molecule has 150 valence electrons. The fourth-order valence-corrected chi connectivity index (χ4v) is 2.96. The van der Waals surface area contributed by atoms with E-state index >= 15 is 0 Å². The van der Waals surface area contributed by atoms with Crippen molar-refractivity contribution in [1.82, 2.24) is 0 Å². The molecule has 2 amide bonds. The van der Waals surface area contributed by atoms with Crippen LogP contribution < -0.4 is 20.1 Å². The highest BCUT2D eigenvalue weighted by Crippen LogP contribution is 2.42. The van der Waals surface area contributed by atoms with Crippen LogP contribution in [0.5, 0.6) is 23.0 Å². The summed E-state index contributed by atoms with van der Waals surface area (Å²) in [5, 5.41) is 16.8. The van der Waals surface area contributed by atoms with E-state index in [9.17, 15) is 19.7 Å². The molecule has 4 rings (SSSR count).